The van der Waals surface area contributed by atoms with E-state index in [4.69, 9.17) is 0 Å². The van der Waals surface area contributed by atoms with Crippen molar-refractivity contribution in [2.45, 2.75) is 51.2 Å². The molecule has 0 unspecified atom stereocenters. The molecule has 56 valence electrons. The van der Waals surface area contributed by atoms with E-state index in [0.29, 0.717) is 0 Å². The quantitative estimate of drug-likeness (QED) is 0.457. The Balaban J connectivity index is 3.07. The van der Waals surface area contributed by atoms with Gasteiger partial charge in [-0.1, -0.05) is 40.0 Å². The van der Waals surface area contributed by atoms with E-state index in [0.717, 1.165) is 0 Å². The molecule has 0 heterocycles. The summed E-state index contributed by atoms with van der Waals surface area (Å²) in [5.74, 6) is 0. The second-order valence-corrected chi connectivity index (χ2v) is 4.48. The van der Waals surface area contributed by atoms with Crippen LogP contribution in [-0.4, -0.2) is 4.75 Å². The van der Waals surface area contributed by atoms with Crippen LogP contribution in [0.3, 0.4) is 0 Å². The molecule has 0 aliphatic carbocycles. The monoisotopic (exact) mass is 146 g/mol. The molecule has 0 aromatic carbocycles. The highest BCUT2D eigenvalue weighted by Gasteiger charge is 2.08. The van der Waals surface area contributed by atoms with Crippen molar-refractivity contribution < 1.29 is 0 Å². The first kappa shape index (κ1) is 9.35. The summed E-state index contributed by atoms with van der Waals surface area (Å²) in [5.41, 5.74) is 0. The molecule has 0 amide bonds. The minimum Gasteiger partial charge on any atom is -0.173 e. The first-order chi connectivity index (χ1) is 4.06. The SMILES string of the molecule is CCCCCC(C)(C)S. The zero-order valence-electron chi connectivity index (χ0n) is 6.78. The molecule has 0 aromatic rings. The first-order valence-corrected chi connectivity index (χ1v) is 4.23. The maximum absolute atomic E-state index is 4.43. The summed E-state index contributed by atoms with van der Waals surface area (Å²) < 4.78 is 0.245. The van der Waals surface area contributed by atoms with E-state index in [9.17, 15) is 0 Å². The standard InChI is InChI=1S/C8H18S/c1-4-5-6-7-8(2,3)9/h9H,4-7H2,1-3H3. The van der Waals surface area contributed by atoms with E-state index < -0.39 is 0 Å². The molecule has 0 fully saturated rings. The van der Waals surface area contributed by atoms with Crippen LogP contribution in [-0.2, 0) is 0 Å². The highest BCUT2D eigenvalue weighted by Crippen LogP contribution is 2.20. The molecule has 0 aromatic heterocycles. The van der Waals surface area contributed by atoms with Crippen molar-refractivity contribution in [3.8, 4) is 0 Å². The predicted octanol–water partition coefficient (Wildman–Crippen LogP) is 3.28. The van der Waals surface area contributed by atoms with Crippen molar-refractivity contribution in [1.82, 2.24) is 0 Å². The Morgan fingerprint density at radius 1 is 1.22 bits per heavy atom. The van der Waals surface area contributed by atoms with Gasteiger partial charge in [0.15, 0.2) is 0 Å². The van der Waals surface area contributed by atoms with Gasteiger partial charge in [-0.15, -0.1) is 0 Å². The number of thiol groups is 1. The minimum atomic E-state index is 0.245. The molecule has 0 bridgehead atoms. The zero-order valence-corrected chi connectivity index (χ0v) is 7.67. The van der Waals surface area contributed by atoms with Gasteiger partial charge in [-0.05, 0) is 6.42 Å². The predicted molar refractivity (Wildman–Crippen MR) is 47.2 cm³/mol. The van der Waals surface area contributed by atoms with Crippen molar-refractivity contribution >= 4 is 12.6 Å². The Labute approximate surface area is 64.4 Å². The molecule has 0 saturated heterocycles. The molecule has 0 N–H and O–H groups in total. The van der Waals surface area contributed by atoms with E-state index in [1.165, 1.54) is 25.7 Å². The summed E-state index contributed by atoms with van der Waals surface area (Å²) in [4.78, 5) is 0. The van der Waals surface area contributed by atoms with E-state index >= 15 is 0 Å². The van der Waals surface area contributed by atoms with E-state index in [-0.39, 0.29) is 4.75 Å². The molecular weight excluding hydrogens is 128 g/mol. The number of hydrogen-bond donors (Lipinski definition) is 1. The van der Waals surface area contributed by atoms with Crippen molar-refractivity contribution in [3.05, 3.63) is 0 Å². The first-order valence-electron chi connectivity index (χ1n) is 3.78. The van der Waals surface area contributed by atoms with E-state index in [2.05, 4.69) is 33.4 Å². The summed E-state index contributed by atoms with van der Waals surface area (Å²) >= 11 is 4.43. The van der Waals surface area contributed by atoms with Crippen LogP contribution in [0.4, 0.5) is 0 Å². The van der Waals surface area contributed by atoms with Gasteiger partial charge in [0.05, 0.1) is 0 Å². The largest absolute Gasteiger partial charge is 0.173 e. The lowest BCUT2D eigenvalue weighted by Gasteiger charge is -2.15. The van der Waals surface area contributed by atoms with Gasteiger partial charge >= 0.3 is 0 Å². The number of rotatable bonds is 4. The highest BCUT2D eigenvalue weighted by atomic mass is 32.1. The third-order valence-electron chi connectivity index (χ3n) is 1.39. The van der Waals surface area contributed by atoms with Gasteiger partial charge < -0.3 is 0 Å². The van der Waals surface area contributed by atoms with Crippen LogP contribution in [0.15, 0.2) is 0 Å². The van der Waals surface area contributed by atoms with E-state index in [1.807, 2.05) is 0 Å². The second-order valence-electron chi connectivity index (χ2n) is 3.27. The van der Waals surface area contributed by atoms with Crippen molar-refractivity contribution in [1.29, 1.82) is 0 Å². The molecular formula is C8H18S. The molecule has 1 heteroatoms. The van der Waals surface area contributed by atoms with Gasteiger partial charge in [0.2, 0.25) is 0 Å². The van der Waals surface area contributed by atoms with Gasteiger partial charge in [-0.3, -0.25) is 0 Å². The van der Waals surface area contributed by atoms with Crippen molar-refractivity contribution in [2.75, 3.05) is 0 Å². The van der Waals surface area contributed by atoms with E-state index in [1.54, 1.807) is 0 Å². The third-order valence-corrected chi connectivity index (χ3v) is 1.62. The maximum atomic E-state index is 4.43. The minimum absolute atomic E-state index is 0.245. The van der Waals surface area contributed by atoms with Crippen molar-refractivity contribution in [3.63, 3.8) is 0 Å². The van der Waals surface area contributed by atoms with Gasteiger partial charge in [0.25, 0.3) is 0 Å². The van der Waals surface area contributed by atoms with Crippen LogP contribution in [0.25, 0.3) is 0 Å². The fourth-order valence-corrected chi connectivity index (χ4v) is 0.966. The molecule has 0 spiro atoms. The lowest BCUT2D eigenvalue weighted by atomic mass is 10.0. The normalized spacial score (nSPS) is 12.0. The Bertz CT molecular complexity index is 61.5. The molecule has 0 rings (SSSR count). The van der Waals surface area contributed by atoms with Gasteiger partial charge in [0, 0.05) is 4.75 Å². The van der Waals surface area contributed by atoms with Gasteiger partial charge in [-0.2, -0.15) is 12.6 Å². The molecule has 0 saturated carbocycles. The van der Waals surface area contributed by atoms with Crippen molar-refractivity contribution in [2.24, 2.45) is 0 Å². The van der Waals surface area contributed by atoms with Crippen LogP contribution in [0, 0.1) is 0 Å². The summed E-state index contributed by atoms with van der Waals surface area (Å²) in [6.07, 6.45) is 5.23. The summed E-state index contributed by atoms with van der Waals surface area (Å²) in [6, 6.07) is 0. The van der Waals surface area contributed by atoms with Crippen LogP contribution < -0.4 is 0 Å². The Morgan fingerprint density at radius 2 is 1.78 bits per heavy atom. The van der Waals surface area contributed by atoms with Gasteiger partial charge in [0.1, 0.15) is 0 Å². The molecule has 0 aliphatic heterocycles. The second kappa shape index (κ2) is 4.21. The Morgan fingerprint density at radius 3 is 2.11 bits per heavy atom. The molecule has 0 aliphatic rings. The highest BCUT2D eigenvalue weighted by molar-refractivity contribution is 7.81. The van der Waals surface area contributed by atoms with Crippen LogP contribution in [0.1, 0.15) is 46.5 Å². The molecule has 0 nitrogen and oxygen atoms in total. The average molecular weight is 146 g/mol. The topological polar surface area (TPSA) is 0 Å². The number of hydrogen-bond acceptors (Lipinski definition) is 1. The Kier molecular flexibility index (Phi) is 4.37. The smallest absolute Gasteiger partial charge is 0.00731 e. The molecule has 9 heavy (non-hydrogen) atoms. The Hall–Kier alpha value is 0.350. The fraction of sp³-hybridized carbons (Fsp3) is 1.00. The third kappa shape index (κ3) is 8.35. The van der Waals surface area contributed by atoms with Crippen LogP contribution in [0.5, 0.6) is 0 Å². The van der Waals surface area contributed by atoms with Crippen LogP contribution >= 0.6 is 12.6 Å². The summed E-state index contributed by atoms with van der Waals surface area (Å²) in [7, 11) is 0. The lowest BCUT2D eigenvalue weighted by molar-refractivity contribution is 0.576. The number of unbranched alkanes of at least 4 members (excludes halogenated alkanes) is 2. The molecule has 0 radical (unpaired) electrons. The lowest BCUT2D eigenvalue weighted by Crippen LogP contribution is -2.08. The average Bonchev–Trinajstić information content (AvgIpc) is 1.63. The molecule has 0 atom stereocenters. The van der Waals surface area contributed by atoms with Gasteiger partial charge in [-0.25, -0.2) is 0 Å². The zero-order chi connectivity index (χ0) is 7.33. The summed E-state index contributed by atoms with van der Waals surface area (Å²) in [6.45, 7) is 6.57. The fourth-order valence-electron chi connectivity index (χ4n) is 0.808. The van der Waals surface area contributed by atoms with Crippen LogP contribution in [0.2, 0.25) is 0 Å². The maximum Gasteiger partial charge on any atom is 0.00731 e. The summed E-state index contributed by atoms with van der Waals surface area (Å²) in [5, 5.41) is 0.